The average molecular weight is 420 g/mol. The van der Waals surface area contributed by atoms with E-state index in [1.807, 2.05) is 24.3 Å². The van der Waals surface area contributed by atoms with Crippen LogP contribution in [0.2, 0.25) is 0 Å². The van der Waals surface area contributed by atoms with Gasteiger partial charge in [-0.05, 0) is 49.1 Å². The Morgan fingerprint density at radius 1 is 1.10 bits per heavy atom. The Bertz CT molecular complexity index is 934. The Hall–Kier alpha value is -3.12. The van der Waals surface area contributed by atoms with E-state index < -0.39 is 0 Å². The summed E-state index contributed by atoms with van der Waals surface area (Å²) in [6, 6.07) is 19.8. The molecule has 31 heavy (non-hydrogen) atoms. The fourth-order valence-electron chi connectivity index (χ4n) is 3.91. The molecule has 1 aliphatic rings. The predicted octanol–water partition coefficient (Wildman–Crippen LogP) is 4.03. The van der Waals surface area contributed by atoms with Crippen molar-refractivity contribution in [2.45, 2.75) is 31.9 Å². The summed E-state index contributed by atoms with van der Waals surface area (Å²) in [5, 5.41) is 3.85. The molecule has 1 saturated heterocycles. The second-order valence-electron chi connectivity index (χ2n) is 8.07. The zero-order chi connectivity index (χ0) is 21.5. The molecule has 6 nitrogen and oxygen atoms in total. The van der Waals surface area contributed by atoms with Gasteiger partial charge in [0.1, 0.15) is 23.8 Å². The maximum atomic E-state index is 12.6. The minimum Gasteiger partial charge on any atom is -0.490 e. The van der Waals surface area contributed by atoms with Gasteiger partial charge in [0.15, 0.2) is 0 Å². The van der Waals surface area contributed by atoms with Gasteiger partial charge in [0.25, 0.3) is 5.91 Å². The van der Waals surface area contributed by atoms with Gasteiger partial charge < -0.3 is 19.1 Å². The highest BCUT2D eigenvalue weighted by Gasteiger charge is 2.20. The van der Waals surface area contributed by atoms with Gasteiger partial charge in [0.2, 0.25) is 0 Å². The number of nitrogens with zero attached hydrogens (tertiary/aromatic N) is 3. The highest BCUT2D eigenvalue weighted by molar-refractivity contribution is 5.94. The Morgan fingerprint density at radius 3 is 2.52 bits per heavy atom. The van der Waals surface area contributed by atoms with Crippen LogP contribution in [-0.2, 0) is 13.0 Å². The molecule has 1 aliphatic heterocycles. The Kier molecular flexibility index (Phi) is 6.99. The van der Waals surface area contributed by atoms with Gasteiger partial charge in [0, 0.05) is 38.3 Å². The number of ether oxygens (including phenoxy) is 1. The Balaban J connectivity index is 1.22. The maximum Gasteiger partial charge on any atom is 0.253 e. The number of benzene rings is 2. The van der Waals surface area contributed by atoms with E-state index in [4.69, 9.17) is 9.26 Å². The molecule has 2 aromatic carbocycles. The third kappa shape index (κ3) is 5.95. The summed E-state index contributed by atoms with van der Waals surface area (Å²) in [7, 11) is 1.76. The van der Waals surface area contributed by atoms with E-state index in [0.29, 0.717) is 12.1 Å². The largest absolute Gasteiger partial charge is 0.490 e. The number of carbonyl (C=O) groups excluding carboxylic acids is 1. The molecule has 162 valence electrons. The molecule has 3 aromatic rings. The molecule has 0 aliphatic carbocycles. The summed E-state index contributed by atoms with van der Waals surface area (Å²) >= 11 is 0. The van der Waals surface area contributed by atoms with Gasteiger partial charge in [-0.1, -0.05) is 35.5 Å². The average Bonchev–Trinajstić information content (AvgIpc) is 3.32. The molecule has 0 unspecified atom stereocenters. The fraction of sp³-hybridized carbons (Fsp3) is 0.360. The number of rotatable bonds is 8. The molecule has 0 radical (unpaired) electrons. The van der Waals surface area contributed by atoms with Crippen molar-refractivity contribution in [2.24, 2.45) is 0 Å². The van der Waals surface area contributed by atoms with Gasteiger partial charge >= 0.3 is 0 Å². The molecular weight excluding hydrogens is 390 g/mol. The van der Waals surface area contributed by atoms with Gasteiger partial charge in [0.05, 0.1) is 6.54 Å². The summed E-state index contributed by atoms with van der Waals surface area (Å²) in [4.78, 5) is 16.7. The highest BCUT2D eigenvalue weighted by Crippen LogP contribution is 2.20. The molecular formula is C25H29N3O3. The second-order valence-corrected chi connectivity index (χ2v) is 8.07. The zero-order valence-electron chi connectivity index (χ0n) is 17.9. The maximum absolute atomic E-state index is 12.6. The minimum absolute atomic E-state index is 0.0544. The van der Waals surface area contributed by atoms with E-state index in [-0.39, 0.29) is 12.0 Å². The van der Waals surface area contributed by atoms with Crippen LogP contribution in [-0.4, -0.2) is 53.6 Å². The lowest BCUT2D eigenvalue weighted by molar-refractivity contribution is 0.0782. The molecule has 0 bridgehead atoms. The SMILES string of the molecule is CN(Cc1ccon1)C(=O)c1ccc(OC2CCN(CCc3ccccc3)CC2)cc1. The van der Waals surface area contributed by atoms with Crippen LogP contribution in [0.1, 0.15) is 34.5 Å². The summed E-state index contributed by atoms with van der Waals surface area (Å²) in [6.07, 6.45) is 4.87. The molecule has 0 saturated carbocycles. The third-order valence-corrected chi connectivity index (χ3v) is 5.74. The van der Waals surface area contributed by atoms with Gasteiger partial charge in [-0.15, -0.1) is 0 Å². The van der Waals surface area contributed by atoms with Crippen LogP contribution >= 0.6 is 0 Å². The first-order chi connectivity index (χ1) is 15.2. The molecule has 6 heteroatoms. The van der Waals surface area contributed by atoms with Crippen LogP contribution in [0.5, 0.6) is 5.75 Å². The highest BCUT2D eigenvalue weighted by atomic mass is 16.5. The molecule has 0 atom stereocenters. The molecule has 1 aromatic heterocycles. The van der Waals surface area contributed by atoms with Gasteiger partial charge in [-0.3, -0.25) is 4.79 Å². The lowest BCUT2D eigenvalue weighted by atomic mass is 10.1. The molecule has 4 rings (SSSR count). The van der Waals surface area contributed by atoms with Crippen LogP contribution in [0.3, 0.4) is 0 Å². The number of amides is 1. The standard InChI is InChI=1S/C25H29N3O3/c1-27(19-22-14-18-30-26-22)25(29)21-7-9-23(10-8-21)31-24-12-16-28(17-13-24)15-11-20-5-3-2-4-6-20/h2-10,14,18,24H,11-13,15-17,19H2,1H3. The van der Waals surface area contributed by atoms with Crippen molar-refractivity contribution in [3.05, 3.63) is 83.7 Å². The van der Waals surface area contributed by atoms with Crippen LogP contribution in [0.15, 0.2) is 71.4 Å². The van der Waals surface area contributed by atoms with E-state index in [1.165, 1.54) is 11.8 Å². The molecule has 1 amide bonds. The lowest BCUT2D eigenvalue weighted by Crippen LogP contribution is -2.39. The quantitative estimate of drug-likeness (QED) is 0.552. The molecule has 0 spiro atoms. The van der Waals surface area contributed by atoms with E-state index in [9.17, 15) is 4.79 Å². The molecule has 0 N–H and O–H groups in total. The summed E-state index contributed by atoms with van der Waals surface area (Å²) < 4.78 is 11.0. The van der Waals surface area contributed by atoms with Crippen molar-refractivity contribution in [3.8, 4) is 5.75 Å². The third-order valence-electron chi connectivity index (χ3n) is 5.74. The van der Waals surface area contributed by atoms with E-state index in [2.05, 4.69) is 40.4 Å². The first-order valence-electron chi connectivity index (χ1n) is 10.8. The summed E-state index contributed by atoms with van der Waals surface area (Å²) in [6.45, 7) is 3.62. The first-order valence-corrected chi connectivity index (χ1v) is 10.8. The lowest BCUT2D eigenvalue weighted by Gasteiger charge is -2.32. The van der Waals surface area contributed by atoms with Crippen molar-refractivity contribution in [3.63, 3.8) is 0 Å². The number of hydrogen-bond acceptors (Lipinski definition) is 5. The van der Waals surface area contributed by atoms with Crippen LogP contribution < -0.4 is 4.74 Å². The second kappa shape index (κ2) is 10.3. The Morgan fingerprint density at radius 2 is 1.84 bits per heavy atom. The van der Waals surface area contributed by atoms with Crippen LogP contribution in [0.4, 0.5) is 0 Å². The van der Waals surface area contributed by atoms with E-state index >= 15 is 0 Å². The van der Waals surface area contributed by atoms with Gasteiger partial charge in [-0.2, -0.15) is 0 Å². The van der Waals surface area contributed by atoms with Crippen molar-refractivity contribution in [1.29, 1.82) is 0 Å². The van der Waals surface area contributed by atoms with Gasteiger partial charge in [-0.25, -0.2) is 0 Å². The van der Waals surface area contributed by atoms with Crippen LogP contribution in [0, 0.1) is 0 Å². The predicted molar refractivity (Wildman–Crippen MR) is 119 cm³/mol. The van der Waals surface area contributed by atoms with E-state index in [1.54, 1.807) is 18.0 Å². The molecule has 1 fully saturated rings. The monoisotopic (exact) mass is 419 g/mol. The molecule has 2 heterocycles. The Labute approximate surface area is 183 Å². The summed E-state index contributed by atoms with van der Waals surface area (Å²) in [5.41, 5.74) is 2.75. The first kappa shape index (κ1) is 21.1. The number of aromatic nitrogens is 1. The minimum atomic E-state index is -0.0544. The number of hydrogen-bond donors (Lipinski definition) is 0. The summed E-state index contributed by atoms with van der Waals surface area (Å²) in [5.74, 6) is 0.764. The van der Waals surface area contributed by atoms with Crippen molar-refractivity contribution < 1.29 is 14.1 Å². The zero-order valence-corrected chi connectivity index (χ0v) is 17.9. The number of likely N-dealkylation sites (tertiary alicyclic amines) is 1. The van der Waals surface area contributed by atoms with E-state index in [0.717, 1.165) is 50.3 Å². The van der Waals surface area contributed by atoms with Crippen LogP contribution in [0.25, 0.3) is 0 Å². The smallest absolute Gasteiger partial charge is 0.253 e. The fourth-order valence-corrected chi connectivity index (χ4v) is 3.91. The number of piperidine rings is 1. The number of carbonyl (C=O) groups is 1. The normalized spacial score (nSPS) is 15.0. The van der Waals surface area contributed by atoms with Crippen molar-refractivity contribution >= 4 is 5.91 Å². The topological polar surface area (TPSA) is 58.8 Å². The van der Waals surface area contributed by atoms with Crippen molar-refractivity contribution in [2.75, 3.05) is 26.7 Å². The van der Waals surface area contributed by atoms with Crippen molar-refractivity contribution in [1.82, 2.24) is 15.0 Å².